The highest BCUT2D eigenvalue weighted by Gasteiger charge is 2.15. The summed E-state index contributed by atoms with van der Waals surface area (Å²) >= 11 is 0. The molecular weight excluding hydrogens is 180 g/mol. The van der Waals surface area contributed by atoms with Crippen LogP contribution in [0.4, 0.5) is 5.82 Å². The monoisotopic (exact) mass is 188 g/mol. The summed E-state index contributed by atoms with van der Waals surface area (Å²) in [5.41, 5.74) is 0.286. The minimum Gasteiger partial charge on any atom is -0.369 e. The Labute approximate surface area is 79.4 Å². The Morgan fingerprint density at radius 2 is 2.43 bits per heavy atom. The molecule has 3 heterocycles. The van der Waals surface area contributed by atoms with Crippen LogP contribution in [-0.2, 0) is 6.54 Å². The first kappa shape index (κ1) is 7.49. The number of hydrogen-bond acceptors (Lipinski definition) is 4. The van der Waals surface area contributed by atoms with Crippen molar-refractivity contribution in [2.24, 2.45) is 0 Å². The van der Waals surface area contributed by atoms with Crippen molar-refractivity contribution in [3.63, 3.8) is 0 Å². The predicted octanol–water partition coefficient (Wildman–Crippen LogP) is 0.217. The van der Waals surface area contributed by atoms with Crippen LogP contribution in [0.5, 0.6) is 0 Å². The van der Waals surface area contributed by atoms with Gasteiger partial charge in [0.1, 0.15) is 5.82 Å². The molecule has 0 saturated carbocycles. The number of pyridine rings is 1. The van der Waals surface area contributed by atoms with Gasteiger partial charge < -0.3 is 5.32 Å². The van der Waals surface area contributed by atoms with Crippen molar-refractivity contribution in [1.29, 1.82) is 0 Å². The summed E-state index contributed by atoms with van der Waals surface area (Å²) in [6.07, 6.45) is 1.64. The zero-order chi connectivity index (χ0) is 9.54. The van der Waals surface area contributed by atoms with Crippen molar-refractivity contribution in [3.05, 3.63) is 28.8 Å². The van der Waals surface area contributed by atoms with E-state index < -0.39 is 0 Å². The zero-order valence-electron chi connectivity index (χ0n) is 7.40. The third kappa shape index (κ3) is 0.863. The van der Waals surface area contributed by atoms with Gasteiger partial charge in [0.2, 0.25) is 0 Å². The van der Waals surface area contributed by atoms with Crippen LogP contribution in [0.25, 0.3) is 11.0 Å². The Balaban J connectivity index is 2.52. The molecule has 1 N–H and O–H groups in total. The van der Waals surface area contributed by atoms with Gasteiger partial charge in [-0.3, -0.25) is 4.57 Å². The average Bonchev–Trinajstić information content (AvgIpc) is 2.67. The Bertz CT molecular complexity index is 560. The standard InChI is InChI=1S/C9H8N4O/c14-9-12-7-6(2-1-3-10-7)8-11-4-5-13(8)9/h1-3,11H,4-5H2. The van der Waals surface area contributed by atoms with Crippen LogP contribution in [0, 0.1) is 0 Å². The van der Waals surface area contributed by atoms with Gasteiger partial charge in [0.05, 0.1) is 5.39 Å². The number of nitrogens with one attached hydrogen (secondary N) is 1. The van der Waals surface area contributed by atoms with E-state index in [2.05, 4.69) is 15.3 Å². The first-order valence-electron chi connectivity index (χ1n) is 4.46. The van der Waals surface area contributed by atoms with Crippen LogP contribution < -0.4 is 11.0 Å². The van der Waals surface area contributed by atoms with Gasteiger partial charge in [-0.05, 0) is 12.1 Å². The molecule has 0 aliphatic carbocycles. The molecule has 5 heteroatoms. The summed E-state index contributed by atoms with van der Waals surface area (Å²) in [4.78, 5) is 19.5. The van der Waals surface area contributed by atoms with Gasteiger partial charge in [-0.15, -0.1) is 0 Å². The minimum absolute atomic E-state index is 0.226. The number of rotatable bonds is 0. The lowest BCUT2D eigenvalue weighted by Gasteiger charge is -2.03. The molecule has 2 aromatic rings. The molecule has 2 aromatic heterocycles. The molecule has 0 spiro atoms. The molecule has 0 bridgehead atoms. The molecule has 3 rings (SSSR count). The van der Waals surface area contributed by atoms with Crippen LogP contribution in [0.1, 0.15) is 0 Å². The highest BCUT2D eigenvalue weighted by molar-refractivity contribution is 5.86. The molecule has 0 atom stereocenters. The van der Waals surface area contributed by atoms with Gasteiger partial charge in [-0.25, -0.2) is 9.78 Å². The molecule has 14 heavy (non-hydrogen) atoms. The van der Waals surface area contributed by atoms with E-state index >= 15 is 0 Å². The van der Waals surface area contributed by atoms with Crippen molar-refractivity contribution in [2.45, 2.75) is 6.54 Å². The second-order valence-electron chi connectivity index (χ2n) is 3.20. The van der Waals surface area contributed by atoms with Crippen molar-refractivity contribution in [1.82, 2.24) is 14.5 Å². The molecular formula is C9H8N4O. The van der Waals surface area contributed by atoms with Gasteiger partial charge in [0, 0.05) is 19.3 Å². The molecule has 0 aromatic carbocycles. The van der Waals surface area contributed by atoms with Crippen LogP contribution in [0.15, 0.2) is 23.1 Å². The van der Waals surface area contributed by atoms with Crippen molar-refractivity contribution < 1.29 is 0 Å². The fourth-order valence-corrected chi connectivity index (χ4v) is 1.75. The van der Waals surface area contributed by atoms with E-state index in [1.165, 1.54) is 0 Å². The van der Waals surface area contributed by atoms with Gasteiger partial charge in [0.15, 0.2) is 5.65 Å². The molecule has 0 saturated heterocycles. The normalized spacial score (nSPS) is 14.0. The van der Waals surface area contributed by atoms with E-state index in [0.29, 0.717) is 12.2 Å². The third-order valence-electron chi connectivity index (χ3n) is 2.37. The third-order valence-corrected chi connectivity index (χ3v) is 2.37. The second-order valence-corrected chi connectivity index (χ2v) is 3.20. The summed E-state index contributed by atoms with van der Waals surface area (Å²) in [6.45, 7) is 1.47. The highest BCUT2D eigenvalue weighted by Crippen LogP contribution is 2.20. The SMILES string of the molecule is O=c1nc2ncccc2c2n1CCN2. The summed E-state index contributed by atoms with van der Waals surface area (Å²) < 4.78 is 1.64. The van der Waals surface area contributed by atoms with E-state index in [4.69, 9.17) is 0 Å². The summed E-state index contributed by atoms with van der Waals surface area (Å²) in [5.74, 6) is 0.841. The maximum absolute atomic E-state index is 11.5. The second kappa shape index (κ2) is 2.54. The smallest absolute Gasteiger partial charge is 0.351 e. The number of nitrogens with zero attached hydrogens (tertiary/aromatic N) is 3. The Morgan fingerprint density at radius 1 is 1.50 bits per heavy atom. The Morgan fingerprint density at radius 3 is 3.36 bits per heavy atom. The van der Waals surface area contributed by atoms with Crippen LogP contribution in [0.2, 0.25) is 0 Å². The molecule has 0 radical (unpaired) electrons. The molecule has 0 unspecified atom stereocenters. The molecule has 0 amide bonds. The van der Waals surface area contributed by atoms with Crippen LogP contribution >= 0.6 is 0 Å². The fraction of sp³-hybridized carbons (Fsp3) is 0.222. The van der Waals surface area contributed by atoms with Gasteiger partial charge >= 0.3 is 5.69 Å². The number of aromatic nitrogens is 3. The summed E-state index contributed by atoms with van der Waals surface area (Å²) in [7, 11) is 0. The first-order valence-corrected chi connectivity index (χ1v) is 4.46. The van der Waals surface area contributed by atoms with E-state index in [1.807, 2.05) is 12.1 Å². The Hall–Kier alpha value is -1.91. The lowest BCUT2D eigenvalue weighted by Crippen LogP contribution is -2.21. The van der Waals surface area contributed by atoms with E-state index in [1.54, 1.807) is 10.8 Å². The van der Waals surface area contributed by atoms with Crippen LogP contribution in [-0.4, -0.2) is 21.1 Å². The first-order chi connectivity index (χ1) is 6.86. The van der Waals surface area contributed by atoms with E-state index in [-0.39, 0.29) is 5.69 Å². The maximum atomic E-state index is 11.5. The van der Waals surface area contributed by atoms with Crippen molar-refractivity contribution in [2.75, 3.05) is 11.9 Å². The van der Waals surface area contributed by atoms with Crippen molar-refractivity contribution in [3.8, 4) is 0 Å². The van der Waals surface area contributed by atoms with Crippen LogP contribution in [0.3, 0.4) is 0 Å². The van der Waals surface area contributed by atoms with Gasteiger partial charge in [0.25, 0.3) is 0 Å². The van der Waals surface area contributed by atoms with E-state index in [0.717, 1.165) is 17.7 Å². The molecule has 1 aliphatic rings. The van der Waals surface area contributed by atoms with Gasteiger partial charge in [-0.1, -0.05) is 0 Å². The number of anilines is 1. The fourth-order valence-electron chi connectivity index (χ4n) is 1.75. The van der Waals surface area contributed by atoms with Crippen molar-refractivity contribution >= 4 is 16.9 Å². The summed E-state index contributed by atoms with van der Waals surface area (Å²) in [6, 6.07) is 3.76. The number of hydrogen-bond donors (Lipinski definition) is 1. The minimum atomic E-state index is -0.226. The molecule has 5 nitrogen and oxygen atoms in total. The lowest BCUT2D eigenvalue weighted by atomic mass is 10.3. The predicted molar refractivity (Wildman–Crippen MR) is 52.3 cm³/mol. The van der Waals surface area contributed by atoms with E-state index in [9.17, 15) is 4.79 Å². The zero-order valence-corrected chi connectivity index (χ0v) is 7.40. The lowest BCUT2D eigenvalue weighted by molar-refractivity contribution is 0.749. The molecule has 1 aliphatic heterocycles. The quantitative estimate of drug-likeness (QED) is 0.642. The summed E-state index contributed by atoms with van der Waals surface area (Å²) in [5, 5.41) is 4.07. The topological polar surface area (TPSA) is 59.8 Å². The molecule has 0 fully saturated rings. The molecule has 70 valence electrons. The Kier molecular flexibility index (Phi) is 1.36. The maximum Gasteiger partial charge on any atom is 0.351 e. The highest BCUT2D eigenvalue weighted by atomic mass is 16.1. The number of fused-ring (bicyclic) bond motifs is 3. The largest absolute Gasteiger partial charge is 0.369 e. The average molecular weight is 188 g/mol. The van der Waals surface area contributed by atoms with Gasteiger partial charge in [-0.2, -0.15) is 4.98 Å².